The lowest BCUT2D eigenvalue weighted by Gasteiger charge is -2.18. The average Bonchev–Trinajstić information content (AvgIpc) is 3.03. The van der Waals surface area contributed by atoms with Crippen LogP contribution in [0, 0.1) is 5.92 Å². The van der Waals surface area contributed by atoms with Gasteiger partial charge in [-0.3, -0.25) is 0 Å². The summed E-state index contributed by atoms with van der Waals surface area (Å²) in [7, 11) is 1.68. The number of carbonyl (C=O) groups is 1. The Morgan fingerprint density at radius 2 is 2.17 bits per heavy atom. The van der Waals surface area contributed by atoms with E-state index in [1.54, 1.807) is 7.11 Å². The lowest BCUT2D eigenvalue weighted by Crippen LogP contribution is -2.34. The maximum atomic E-state index is 12.4. The van der Waals surface area contributed by atoms with Crippen molar-refractivity contribution in [3.8, 4) is 0 Å². The first-order valence-electron chi connectivity index (χ1n) is 8.80. The van der Waals surface area contributed by atoms with E-state index in [0.717, 1.165) is 37.2 Å². The molecule has 1 aliphatic heterocycles. The summed E-state index contributed by atoms with van der Waals surface area (Å²) in [6.07, 6.45) is 2.14. The zero-order valence-electron chi connectivity index (χ0n) is 15.2. The molecule has 0 spiro atoms. The topological polar surface area (TPSA) is 50.8 Å². The van der Waals surface area contributed by atoms with Crippen LogP contribution >= 0.6 is 0 Å². The Hall–Kier alpha value is -1.59. The predicted molar refractivity (Wildman–Crippen MR) is 96.3 cm³/mol. The van der Waals surface area contributed by atoms with Gasteiger partial charge in [0.1, 0.15) is 0 Å². The van der Waals surface area contributed by atoms with Gasteiger partial charge < -0.3 is 19.7 Å². The molecule has 1 aromatic rings. The van der Waals surface area contributed by atoms with Crippen molar-refractivity contribution in [2.45, 2.75) is 45.8 Å². The highest BCUT2D eigenvalue weighted by Crippen LogP contribution is 2.21. The first kappa shape index (κ1) is 18.7. The fraction of sp³-hybridized carbons (Fsp3) is 0.632. The Labute approximate surface area is 145 Å². The van der Waals surface area contributed by atoms with Crippen LogP contribution < -0.4 is 5.32 Å². The molecule has 24 heavy (non-hydrogen) atoms. The van der Waals surface area contributed by atoms with Gasteiger partial charge in [0.05, 0.1) is 12.2 Å². The van der Waals surface area contributed by atoms with Gasteiger partial charge in [0, 0.05) is 32.5 Å². The van der Waals surface area contributed by atoms with E-state index in [1.165, 1.54) is 0 Å². The monoisotopic (exact) mass is 334 g/mol. The fourth-order valence-corrected chi connectivity index (χ4v) is 2.73. The predicted octanol–water partition coefficient (Wildman–Crippen LogP) is 4.06. The second-order valence-electron chi connectivity index (χ2n) is 6.84. The van der Waals surface area contributed by atoms with Crippen molar-refractivity contribution in [3.63, 3.8) is 0 Å². The van der Waals surface area contributed by atoms with E-state index >= 15 is 0 Å². The molecule has 0 aromatic heterocycles. The molecule has 2 rings (SSSR count). The highest BCUT2D eigenvalue weighted by atomic mass is 16.5. The number of carbonyl (C=O) groups excluding carboxylic acids is 1. The molecule has 134 valence electrons. The third kappa shape index (κ3) is 5.49. The Balaban J connectivity index is 1.83. The molecule has 0 bridgehead atoms. The number of hydrogen-bond donors (Lipinski definition) is 1. The van der Waals surface area contributed by atoms with Crippen LogP contribution in [0.25, 0.3) is 0 Å². The Morgan fingerprint density at radius 1 is 1.38 bits per heavy atom. The highest BCUT2D eigenvalue weighted by molar-refractivity contribution is 5.89. The standard InChI is InChI=1S/C19H30N2O3/c1-14(2)9-11-24-18-8-10-21(13-18)19(22)20-17-7-5-6-16(12-17)15(3)23-4/h5-7,12,14-15,18H,8-11,13H2,1-4H3,(H,20,22)/t15-,18+/m0/s1. The Kier molecular flexibility index (Phi) is 7.06. The zero-order chi connectivity index (χ0) is 17.5. The second-order valence-corrected chi connectivity index (χ2v) is 6.84. The van der Waals surface area contributed by atoms with E-state index in [4.69, 9.17) is 9.47 Å². The summed E-state index contributed by atoms with van der Waals surface area (Å²) in [5.74, 6) is 0.646. The lowest BCUT2D eigenvalue weighted by atomic mass is 10.1. The molecule has 0 radical (unpaired) electrons. The highest BCUT2D eigenvalue weighted by Gasteiger charge is 2.26. The van der Waals surface area contributed by atoms with Crippen LogP contribution in [0.5, 0.6) is 0 Å². The number of benzene rings is 1. The fourth-order valence-electron chi connectivity index (χ4n) is 2.73. The van der Waals surface area contributed by atoms with Gasteiger partial charge in [-0.1, -0.05) is 26.0 Å². The molecule has 0 unspecified atom stereocenters. The van der Waals surface area contributed by atoms with E-state index < -0.39 is 0 Å². The first-order valence-corrected chi connectivity index (χ1v) is 8.80. The van der Waals surface area contributed by atoms with Gasteiger partial charge in [-0.2, -0.15) is 0 Å². The quantitative estimate of drug-likeness (QED) is 0.818. The smallest absolute Gasteiger partial charge is 0.321 e. The number of likely N-dealkylation sites (tertiary alicyclic amines) is 1. The summed E-state index contributed by atoms with van der Waals surface area (Å²) in [4.78, 5) is 14.2. The molecule has 0 aliphatic carbocycles. The van der Waals surface area contributed by atoms with Gasteiger partial charge in [-0.15, -0.1) is 0 Å². The number of methoxy groups -OCH3 is 1. The molecule has 1 saturated heterocycles. The van der Waals surface area contributed by atoms with Crippen molar-refractivity contribution in [3.05, 3.63) is 29.8 Å². The molecule has 1 aliphatic rings. The number of ether oxygens (including phenoxy) is 2. The van der Waals surface area contributed by atoms with Gasteiger partial charge >= 0.3 is 6.03 Å². The van der Waals surface area contributed by atoms with Crippen molar-refractivity contribution in [1.82, 2.24) is 4.90 Å². The summed E-state index contributed by atoms with van der Waals surface area (Å²) in [6, 6.07) is 7.72. The van der Waals surface area contributed by atoms with Gasteiger partial charge in [0.15, 0.2) is 0 Å². The van der Waals surface area contributed by atoms with Gasteiger partial charge in [-0.25, -0.2) is 4.79 Å². The number of anilines is 1. The summed E-state index contributed by atoms with van der Waals surface area (Å²) >= 11 is 0. The maximum Gasteiger partial charge on any atom is 0.321 e. The molecule has 0 saturated carbocycles. The number of hydrogen-bond acceptors (Lipinski definition) is 3. The Morgan fingerprint density at radius 3 is 2.88 bits per heavy atom. The first-order chi connectivity index (χ1) is 11.5. The minimum atomic E-state index is -0.0628. The number of amides is 2. The number of urea groups is 1. The van der Waals surface area contributed by atoms with Crippen LogP contribution in [0.15, 0.2) is 24.3 Å². The van der Waals surface area contributed by atoms with Crippen LogP contribution in [0.1, 0.15) is 45.3 Å². The molecule has 2 atom stereocenters. The second kappa shape index (κ2) is 9.04. The molecule has 1 heterocycles. The summed E-state index contributed by atoms with van der Waals surface area (Å²) in [5, 5.41) is 2.97. The third-order valence-electron chi connectivity index (χ3n) is 4.44. The average molecular weight is 334 g/mol. The van der Waals surface area contributed by atoms with E-state index in [2.05, 4.69) is 19.2 Å². The SMILES string of the molecule is CO[C@@H](C)c1cccc(NC(=O)N2CC[C@@H](OCCC(C)C)C2)c1. The lowest BCUT2D eigenvalue weighted by molar-refractivity contribution is 0.0547. The number of nitrogens with one attached hydrogen (secondary N) is 1. The maximum absolute atomic E-state index is 12.4. The van der Waals surface area contributed by atoms with Gasteiger partial charge in [0.2, 0.25) is 0 Å². The van der Waals surface area contributed by atoms with Crippen LogP contribution in [0.4, 0.5) is 10.5 Å². The minimum absolute atomic E-state index is 0.00683. The van der Waals surface area contributed by atoms with E-state index in [-0.39, 0.29) is 18.2 Å². The largest absolute Gasteiger partial charge is 0.377 e. The molecule has 1 N–H and O–H groups in total. The summed E-state index contributed by atoms with van der Waals surface area (Å²) in [6.45, 7) is 8.55. The molecule has 1 fully saturated rings. The minimum Gasteiger partial charge on any atom is -0.377 e. The molecule has 1 aromatic carbocycles. The van der Waals surface area contributed by atoms with E-state index in [1.807, 2.05) is 36.1 Å². The zero-order valence-corrected chi connectivity index (χ0v) is 15.2. The van der Waals surface area contributed by atoms with Gasteiger partial charge in [0.25, 0.3) is 0 Å². The van der Waals surface area contributed by atoms with E-state index in [0.29, 0.717) is 12.5 Å². The van der Waals surface area contributed by atoms with Gasteiger partial charge in [-0.05, 0) is 43.4 Å². The molecule has 5 nitrogen and oxygen atoms in total. The molecular formula is C19H30N2O3. The van der Waals surface area contributed by atoms with Crippen molar-refractivity contribution in [2.24, 2.45) is 5.92 Å². The number of rotatable bonds is 7. The van der Waals surface area contributed by atoms with Crippen molar-refractivity contribution in [1.29, 1.82) is 0 Å². The Bertz CT molecular complexity index is 533. The van der Waals surface area contributed by atoms with Crippen molar-refractivity contribution in [2.75, 3.05) is 32.1 Å². The molecule has 2 amide bonds. The van der Waals surface area contributed by atoms with Crippen LogP contribution in [-0.2, 0) is 9.47 Å². The van der Waals surface area contributed by atoms with E-state index in [9.17, 15) is 4.79 Å². The van der Waals surface area contributed by atoms with Crippen LogP contribution in [-0.4, -0.2) is 43.8 Å². The third-order valence-corrected chi connectivity index (χ3v) is 4.44. The van der Waals surface area contributed by atoms with Crippen molar-refractivity contribution >= 4 is 11.7 Å². The number of nitrogens with zero attached hydrogens (tertiary/aromatic N) is 1. The van der Waals surface area contributed by atoms with Crippen LogP contribution in [0.2, 0.25) is 0 Å². The van der Waals surface area contributed by atoms with Crippen LogP contribution in [0.3, 0.4) is 0 Å². The molecule has 5 heteroatoms. The van der Waals surface area contributed by atoms with Crippen molar-refractivity contribution < 1.29 is 14.3 Å². The summed E-state index contributed by atoms with van der Waals surface area (Å²) in [5.41, 5.74) is 1.84. The normalized spacial score (nSPS) is 18.9. The summed E-state index contributed by atoms with van der Waals surface area (Å²) < 4.78 is 11.2. The molecular weight excluding hydrogens is 304 g/mol.